The first-order valence-electron chi connectivity index (χ1n) is 13.4. The van der Waals surface area contributed by atoms with Crippen molar-refractivity contribution in [3.05, 3.63) is 95.7 Å². The van der Waals surface area contributed by atoms with Crippen molar-refractivity contribution in [3.63, 3.8) is 0 Å². The van der Waals surface area contributed by atoms with Crippen LogP contribution in [0.1, 0.15) is 57.2 Å². The second-order valence-electron chi connectivity index (χ2n) is 11.6. The van der Waals surface area contributed by atoms with Gasteiger partial charge in [-0.1, -0.05) is 58.9 Å². The van der Waals surface area contributed by atoms with Gasteiger partial charge in [0, 0.05) is 34.5 Å². The summed E-state index contributed by atoms with van der Waals surface area (Å²) >= 11 is 0. The molecular formula is C34H33N3O2. The molecule has 0 bridgehead atoms. The fraction of sp³-hybridized carbons (Fsp3) is 0.235. The number of nitrogens with zero attached hydrogens (tertiary/aromatic N) is 3. The van der Waals surface area contributed by atoms with Crippen LogP contribution in [-0.4, -0.2) is 19.6 Å². The number of benzene rings is 3. The minimum atomic E-state index is -0.0832. The summed E-state index contributed by atoms with van der Waals surface area (Å²) in [6.07, 6.45) is 1.88. The molecule has 0 aliphatic rings. The molecule has 0 fully saturated rings. The van der Waals surface area contributed by atoms with E-state index in [4.69, 9.17) is 14.7 Å². The zero-order chi connectivity index (χ0) is 27.5. The van der Waals surface area contributed by atoms with E-state index in [0.29, 0.717) is 23.1 Å². The Morgan fingerprint density at radius 1 is 0.872 bits per heavy atom. The molecule has 0 saturated carbocycles. The SMILES string of the molecule is Cc1cc(Oc2ccc3c4ccccc4n(-c4cc(C(C)C)ccn4)c3c2)nc2c(O)ccc(C(C)(C)C)c12. The normalized spacial score (nSPS) is 12.2. The summed E-state index contributed by atoms with van der Waals surface area (Å²) < 4.78 is 8.55. The molecule has 0 amide bonds. The van der Waals surface area contributed by atoms with Gasteiger partial charge in [0.25, 0.3) is 0 Å². The lowest BCUT2D eigenvalue weighted by Gasteiger charge is -2.23. The highest BCUT2D eigenvalue weighted by molar-refractivity contribution is 6.09. The molecule has 3 aromatic heterocycles. The molecule has 6 aromatic rings. The van der Waals surface area contributed by atoms with Gasteiger partial charge in [0.1, 0.15) is 22.8 Å². The highest BCUT2D eigenvalue weighted by atomic mass is 16.5. The maximum Gasteiger partial charge on any atom is 0.220 e. The van der Waals surface area contributed by atoms with Crippen LogP contribution in [0.25, 0.3) is 38.5 Å². The zero-order valence-corrected chi connectivity index (χ0v) is 23.3. The summed E-state index contributed by atoms with van der Waals surface area (Å²) in [5.41, 5.74) is 5.98. The van der Waals surface area contributed by atoms with E-state index in [9.17, 15) is 5.11 Å². The second kappa shape index (κ2) is 9.12. The molecule has 5 nitrogen and oxygen atoms in total. The molecule has 39 heavy (non-hydrogen) atoms. The van der Waals surface area contributed by atoms with Gasteiger partial charge in [0.15, 0.2) is 0 Å². The van der Waals surface area contributed by atoms with Crippen molar-refractivity contribution in [2.24, 2.45) is 0 Å². The van der Waals surface area contributed by atoms with Crippen molar-refractivity contribution in [1.29, 1.82) is 0 Å². The largest absolute Gasteiger partial charge is 0.506 e. The Morgan fingerprint density at radius 3 is 2.41 bits per heavy atom. The van der Waals surface area contributed by atoms with Crippen molar-refractivity contribution >= 4 is 32.7 Å². The lowest BCUT2D eigenvalue weighted by Crippen LogP contribution is -2.12. The number of fused-ring (bicyclic) bond motifs is 4. The van der Waals surface area contributed by atoms with E-state index in [0.717, 1.165) is 44.1 Å². The predicted molar refractivity (Wildman–Crippen MR) is 160 cm³/mol. The van der Waals surface area contributed by atoms with Crippen LogP contribution in [-0.2, 0) is 5.41 Å². The Bertz CT molecular complexity index is 1880. The minimum Gasteiger partial charge on any atom is -0.506 e. The number of ether oxygens (including phenoxy) is 1. The van der Waals surface area contributed by atoms with Gasteiger partial charge in [0.2, 0.25) is 5.88 Å². The number of aromatic hydroxyl groups is 1. The molecule has 0 aliphatic heterocycles. The number of para-hydroxylation sites is 1. The average molecular weight is 516 g/mol. The van der Waals surface area contributed by atoms with Gasteiger partial charge in [0.05, 0.1) is 11.0 Å². The molecule has 0 radical (unpaired) electrons. The molecule has 6 rings (SSSR count). The molecule has 0 atom stereocenters. The third kappa shape index (κ3) is 4.28. The molecule has 0 unspecified atom stereocenters. The molecule has 3 aromatic carbocycles. The Hall–Kier alpha value is -4.38. The van der Waals surface area contributed by atoms with Crippen molar-refractivity contribution in [1.82, 2.24) is 14.5 Å². The summed E-state index contributed by atoms with van der Waals surface area (Å²) in [4.78, 5) is 9.49. The van der Waals surface area contributed by atoms with E-state index in [2.05, 4.69) is 81.7 Å². The van der Waals surface area contributed by atoms with E-state index in [1.54, 1.807) is 6.07 Å². The Kier molecular flexibility index (Phi) is 5.83. The standard InChI is InChI=1S/C34H33N3O2/c1-20(2)22-15-16-35-30(18-22)37-27-10-8-7-9-24(27)25-12-11-23(19-28(25)37)39-31-17-21(3)32-26(34(4,5)6)13-14-29(38)33(32)36-31/h7-20,38H,1-6H3. The smallest absolute Gasteiger partial charge is 0.220 e. The molecule has 3 heterocycles. The Morgan fingerprint density at radius 2 is 1.64 bits per heavy atom. The van der Waals surface area contributed by atoms with E-state index in [-0.39, 0.29) is 11.2 Å². The molecule has 5 heteroatoms. The number of pyridine rings is 2. The number of rotatable bonds is 4. The molecule has 1 N–H and O–H groups in total. The summed E-state index contributed by atoms with van der Waals surface area (Å²) in [7, 11) is 0. The highest BCUT2D eigenvalue weighted by Crippen LogP contribution is 2.39. The van der Waals surface area contributed by atoms with Gasteiger partial charge in [-0.05, 0) is 71.3 Å². The monoisotopic (exact) mass is 515 g/mol. The van der Waals surface area contributed by atoms with E-state index in [1.165, 1.54) is 5.56 Å². The number of aromatic nitrogens is 3. The minimum absolute atomic E-state index is 0.0832. The van der Waals surface area contributed by atoms with Gasteiger partial charge < -0.3 is 9.84 Å². The number of hydrogen-bond acceptors (Lipinski definition) is 4. The lowest BCUT2D eigenvalue weighted by atomic mass is 9.83. The topological polar surface area (TPSA) is 60.2 Å². The summed E-state index contributed by atoms with van der Waals surface area (Å²) in [6.45, 7) is 12.9. The second-order valence-corrected chi connectivity index (χ2v) is 11.6. The van der Waals surface area contributed by atoms with Gasteiger partial charge >= 0.3 is 0 Å². The fourth-order valence-corrected chi connectivity index (χ4v) is 5.47. The van der Waals surface area contributed by atoms with Gasteiger partial charge in [-0.15, -0.1) is 0 Å². The van der Waals surface area contributed by atoms with Crippen LogP contribution in [0.3, 0.4) is 0 Å². The Labute approximate surface area is 228 Å². The number of aryl methyl sites for hydroxylation is 1. The summed E-state index contributed by atoms with van der Waals surface area (Å²) in [5, 5.41) is 14.0. The van der Waals surface area contributed by atoms with Crippen LogP contribution in [0.5, 0.6) is 17.4 Å². The number of phenols is 1. The first-order chi connectivity index (χ1) is 18.6. The summed E-state index contributed by atoms with van der Waals surface area (Å²) in [6, 6.07) is 24.4. The average Bonchev–Trinajstić information content (AvgIpc) is 3.22. The predicted octanol–water partition coefficient (Wildman–Crippen LogP) is 8.95. The molecule has 0 saturated heterocycles. The van der Waals surface area contributed by atoms with Crippen molar-refractivity contribution in [2.75, 3.05) is 0 Å². The van der Waals surface area contributed by atoms with Crippen LogP contribution in [0.4, 0.5) is 0 Å². The Balaban J connectivity index is 1.50. The first-order valence-corrected chi connectivity index (χ1v) is 13.4. The van der Waals surface area contributed by atoms with Crippen LogP contribution >= 0.6 is 0 Å². The third-order valence-corrected chi connectivity index (χ3v) is 7.45. The maximum atomic E-state index is 10.7. The van der Waals surface area contributed by atoms with Crippen LogP contribution < -0.4 is 4.74 Å². The van der Waals surface area contributed by atoms with Gasteiger partial charge in [-0.2, -0.15) is 0 Å². The maximum absolute atomic E-state index is 10.7. The molecule has 196 valence electrons. The number of hydrogen-bond donors (Lipinski definition) is 1. The van der Waals surface area contributed by atoms with Crippen molar-refractivity contribution in [3.8, 4) is 23.2 Å². The highest BCUT2D eigenvalue weighted by Gasteiger charge is 2.21. The van der Waals surface area contributed by atoms with E-state index in [1.807, 2.05) is 37.4 Å². The van der Waals surface area contributed by atoms with Gasteiger partial charge in [-0.25, -0.2) is 9.97 Å². The quantitative estimate of drug-likeness (QED) is 0.254. The van der Waals surface area contributed by atoms with Crippen LogP contribution in [0, 0.1) is 6.92 Å². The molecule has 0 aliphatic carbocycles. The van der Waals surface area contributed by atoms with Gasteiger partial charge in [-0.3, -0.25) is 4.57 Å². The fourth-order valence-electron chi connectivity index (χ4n) is 5.47. The van der Waals surface area contributed by atoms with E-state index >= 15 is 0 Å². The van der Waals surface area contributed by atoms with E-state index < -0.39 is 0 Å². The van der Waals surface area contributed by atoms with Crippen molar-refractivity contribution < 1.29 is 9.84 Å². The van der Waals surface area contributed by atoms with Crippen molar-refractivity contribution in [2.45, 2.75) is 52.9 Å². The summed E-state index contributed by atoms with van der Waals surface area (Å²) in [5.74, 6) is 2.55. The number of phenolic OH excluding ortho intramolecular Hbond substituents is 1. The third-order valence-electron chi connectivity index (χ3n) is 7.45. The zero-order valence-electron chi connectivity index (χ0n) is 23.3. The first kappa shape index (κ1) is 24.9. The molecule has 0 spiro atoms. The lowest BCUT2D eigenvalue weighted by molar-refractivity contribution is 0.459. The van der Waals surface area contributed by atoms with Crippen LogP contribution in [0.15, 0.2) is 79.0 Å². The molecular weight excluding hydrogens is 482 g/mol. The van der Waals surface area contributed by atoms with Crippen LogP contribution in [0.2, 0.25) is 0 Å².